The predicted octanol–water partition coefficient (Wildman–Crippen LogP) is 3.25. The smallest absolute Gasteiger partial charge is 0.225 e. The van der Waals surface area contributed by atoms with Crippen molar-refractivity contribution < 1.29 is 4.74 Å². The van der Waals surface area contributed by atoms with Gasteiger partial charge >= 0.3 is 0 Å². The molecule has 1 aliphatic heterocycles. The molecule has 6 nitrogen and oxygen atoms in total. The van der Waals surface area contributed by atoms with Crippen molar-refractivity contribution in [2.45, 2.75) is 19.8 Å². The van der Waals surface area contributed by atoms with Gasteiger partial charge < -0.3 is 9.64 Å². The van der Waals surface area contributed by atoms with Gasteiger partial charge in [-0.15, -0.1) is 0 Å². The van der Waals surface area contributed by atoms with Gasteiger partial charge in [0.2, 0.25) is 5.95 Å². The lowest BCUT2D eigenvalue weighted by molar-refractivity contribution is 0.414. The molecule has 3 aromatic rings. The van der Waals surface area contributed by atoms with Gasteiger partial charge in [-0.25, -0.2) is 14.6 Å². The molecule has 0 amide bonds. The van der Waals surface area contributed by atoms with Crippen LogP contribution >= 0.6 is 0 Å². The van der Waals surface area contributed by atoms with E-state index in [9.17, 15) is 0 Å². The Kier molecular flexibility index (Phi) is 4.09. The van der Waals surface area contributed by atoms with Crippen molar-refractivity contribution in [3.05, 3.63) is 48.4 Å². The third kappa shape index (κ3) is 3.07. The summed E-state index contributed by atoms with van der Waals surface area (Å²) in [7, 11) is 1.66. The SMILES string of the molecule is COc1ccc(-n2cc(-c3ccnc(N4CCCC4)n3)c(C)n2)cc1. The van der Waals surface area contributed by atoms with Crippen LogP contribution in [-0.2, 0) is 0 Å². The van der Waals surface area contributed by atoms with Crippen molar-refractivity contribution in [1.82, 2.24) is 19.7 Å². The summed E-state index contributed by atoms with van der Waals surface area (Å²) in [6, 6.07) is 9.79. The Morgan fingerprint density at radius 3 is 2.52 bits per heavy atom. The number of benzene rings is 1. The van der Waals surface area contributed by atoms with Gasteiger partial charge in [0, 0.05) is 31.0 Å². The molecule has 1 fully saturated rings. The average Bonchev–Trinajstić information content (AvgIpc) is 3.32. The zero-order valence-electron chi connectivity index (χ0n) is 14.5. The van der Waals surface area contributed by atoms with Crippen molar-refractivity contribution in [2.24, 2.45) is 0 Å². The summed E-state index contributed by atoms with van der Waals surface area (Å²) < 4.78 is 7.09. The number of ether oxygens (including phenoxy) is 1. The summed E-state index contributed by atoms with van der Waals surface area (Å²) in [6.45, 7) is 4.08. The lowest BCUT2D eigenvalue weighted by Gasteiger charge is -2.15. The van der Waals surface area contributed by atoms with E-state index in [1.807, 2.05) is 54.3 Å². The van der Waals surface area contributed by atoms with Crippen LogP contribution in [0.5, 0.6) is 5.75 Å². The normalized spacial score (nSPS) is 14.1. The second-order valence-corrected chi connectivity index (χ2v) is 6.21. The number of nitrogens with zero attached hydrogens (tertiary/aromatic N) is 5. The van der Waals surface area contributed by atoms with E-state index in [2.05, 4.69) is 15.0 Å². The van der Waals surface area contributed by atoms with E-state index in [-0.39, 0.29) is 0 Å². The van der Waals surface area contributed by atoms with Crippen LogP contribution in [0.2, 0.25) is 0 Å². The van der Waals surface area contributed by atoms with Crippen LogP contribution in [0.25, 0.3) is 16.9 Å². The highest BCUT2D eigenvalue weighted by atomic mass is 16.5. The van der Waals surface area contributed by atoms with E-state index in [4.69, 9.17) is 9.72 Å². The molecule has 25 heavy (non-hydrogen) atoms. The van der Waals surface area contributed by atoms with Crippen LogP contribution in [0.4, 0.5) is 5.95 Å². The van der Waals surface area contributed by atoms with E-state index in [0.717, 1.165) is 47.4 Å². The molecule has 0 radical (unpaired) electrons. The Morgan fingerprint density at radius 1 is 1.04 bits per heavy atom. The van der Waals surface area contributed by atoms with Gasteiger partial charge in [-0.1, -0.05) is 0 Å². The Hall–Kier alpha value is -2.89. The number of anilines is 1. The molecule has 0 spiro atoms. The van der Waals surface area contributed by atoms with Gasteiger partial charge in [0.25, 0.3) is 0 Å². The van der Waals surface area contributed by atoms with Crippen molar-refractivity contribution in [3.8, 4) is 22.7 Å². The maximum Gasteiger partial charge on any atom is 0.225 e. The van der Waals surface area contributed by atoms with Crippen LogP contribution in [0, 0.1) is 6.92 Å². The van der Waals surface area contributed by atoms with Gasteiger partial charge in [-0.3, -0.25) is 0 Å². The number of aryl methyl sites for hydroxylation is 1. The number of hydrogen-bond acceptors (Lipinski definition) is 5. The first-order valence-corrected chi connectivity index (χ1v) is 8.53. The number of rotatable bonds is 4. The Morgan fingerprint density at radius 2 is 1.80 bits per heavy atom. The largest absolute Gasteiger partial charge is 0.497 e. The lowest BCUT2D eigenvalue weighted by atomic mass is 10.2. The molecular weight excluding hydrogens is 314 g/mol. The second kappa shape index (κ2) is 6.55. The van der Waals surface area contributed by atoms with Gasteiger partial charge in [0.1, 0.15) is 5.75 Å². The quantitative estimate of drug-likeness (QED) is 0.732. The highest BCUT2D eigenvalue weighted by Crippen LogP contribution is 2.25. The maximum atomic E-state index is 5.21. The minimum absolute atomic E-state index is 0.812. The first-order valence-electron chi connectivity index (χ1n) is 8.53. The molecular formula is C19H21N5O. The summed E-state index contributed by atoms with van der Waals surface area (Å²) in [5, 5.41) is 4.64. The number of hydrogen-bond donors (Lipinski definition) is 0. The fourth-order valence-corrected chi connectivity index (χ4v) is 3.15. The van der Waals surface area contributed by atoms with E-state index < -0.39 is 0 Å². The lowest BCUT2D eigenvalue weighted by Crippen LogP contribution is -2.20. The molecule has 0 bridgehead atoms. The zero-order chi connectivity index (χ0) is 17.2. The highest BCUT2D eigenvalue weighted by molar-refractivity contribution is 5.62. The van der Waals surface area contributed by atoms with Crippen molar-refractivity contribution in [3.63, 3.8) is 0 Å². The highest BCUT2D eigenvalue weighted by Gasteiger charge is 2.17. The standard InChI is InChI=1S/C19H21N5O/c1-14-17(13-24(22-14)15-5-7-16(25-2)8-6-15)18-9-10-20-19(21-18)23-11-3-4-12-23/h5-10,13H,3-4,11-12H2,1-2H3. The number of aromatic nitrogens is 4. The first kappa shape index (κ1) is 15.6. The third-order valence-corrected chi connectivity index (χ3v) is 4.54. The van der Waals surface area contributed by atoms with Gasteiger partial charge in [-0.05, 0) is 50.1 Å². The van der Waals surface area contributed by atoms with Gasteiger partial charge in [-0.2, -0.15) is 5.10 Å². The molecule has 128 valence electrons. The Bertz CT molecular complexity index is 866. The summed E-state index contributed by atoms with van der Waals surface area (Å²) in [5.41, 5.74) is 3.87. The van der Waals surface area contributed by atoms with Crippen LogP contribution in [0.3, 0.4) is 0 Å². The molecule has 1 aromatic carbocycles. The molecule has 0 aliphatic carbocycles. The molecule has 0 saturated carbocycles. The van der Waals surface area contributed by atoms with E-state index in [1.54, 1.807) is 7.11 Å². The second-order valence-electron chi connectivity index (χ2n) is 6.21. The van der Waals surface area contributed by atoms with Crippen molar-refractivity contribution in [2.75, 3.05) is 25.1 Å². The van der Waals surface area contributed by atoms with Crippen LogP contribution in [0.15, 0.2) is 42.7 Å². The summed E-state index contributed by atoms with van der Waals surface area (Å²) in [4.78, 5) is 11.4. The third-order valence-electron chi connectivity index (χ3n) is 4.54. The van der Waals surface area contributed by atoms with Crippen LogP contribution < -0.4 is 9.64 Å². The molecule has 0 N–H and O–H groups in total. The number of methoxy groups -OCH3 is 1. The molecule has 3 heterocycles. The maximum absolute atomic E-state index is 5.21. The topological polar surface area (TPSA) is 56.1 Å². The summed E-state index contributed by atoms with van der Waals surface area (Å²) in [5.74, 6) is 1.64. The average molecular weight is 335 g/mol. The van der Waals surface area contributed by atoms with E-state index in [0.29, 0.717) is 0 Å². The van der Waals surface area contributed by atoms with E-state index >= 15 is 0 Å². The Labute approximate surface area is 147 Å². The van der Waals surface area contributed by atoms with Crippen LogP contribution in [-0.4, -0.2) is 39.9 Å². The Balaban J connectivity index is 1.66. The molecule has 6 heteroatoms. The van der Waals surface area contributed by atoms with Crippen molar-refractivity contribution >= 4 is 5.95 Å². The molecule has 0 unspecified atom stereocenters. The molecule has 2 aromatic heterocycles. The first-order chi connectivity index (χ1) is 12.2. The summed E-state index contributed by atoms with van der Waals surface area (Å²) >= 11 is 0. The van der Waals surface area contributed by atoms with Crippen molar-refractivity contribution in [1.29, 1.82) is 0 Å². The van der Waals surface area contributed by atoms with Gasteiger partial charge in [0.15, 0.2) is 0 Å². The fourth-order valence-electron chi connectivity index (χ4n) is 3.15. The minimum Gasteiger partial charge on any atom is -0.497 e. The predicted molar refractivity (Wildman–Crippen MR) is 97.3 cm³/mol. The monoisotopic (exact) mass is 335 g/mol. The molecule has 0 atom stereocenters. The fraction of sp³-hybridized carbons (Fsp3) is 0.316. The van der Waals surface area contributed by atoms with Crippen LogP contribution in [0.1, 0.15) is 18.5 Å². The zero-order valence-corrected chi connectivity index (χ0v) is 14.5. The molecule has 1 saturated heterocycles. The van der Waals surface area contributed by atoms with Gasteiger partial charge in [0.05, 0.1) is 24.2 Å². The summed E-state index contributed by atoms with van der Waals surface area (Å²) in [6.07, 6.45) is 6.28. The van der Waals surface area contributed by atoms with E-state index in [1.165, 1.54) is 12.8 Å². The molecule has 1 aliphatic rings. The molecule has 4 rings (SSSR count). The minimum atomic E-state index is 0.812.